The third kappa shape index (κ3) is 4.96. The monoisotopic (exact) mass is 479 g/mol. The minimum Gasteiger partial charge on any atom is -0.355 e. The first-order valence-electron chi connectivity index (χ1n) is 8.60. The van der Waals surface area contributed by atoms with Crippen molar-refractivity contribution in [2.45, 2.75) is 4.90 Å². The Balaban J connectivity index is 0.00000256. The molecule has 0 spiro atoms. The number of sulfonamides is 1. The molecule has 0 aliphatic carbocycles. The highest BCUT2D eigenvalue weighted by Crippen LogP contribution is 2.28. The summed E-state index contributed by atoms with van der Waals surface area (Å²) in [4.78, 5) is 4.47. The average Bonchev–Trinajstić information content (AvgIpc) is 2.70. The van der Waals surface area contributed by atoms with Crippen molar-refractivity contribution in [3.8, 4) is 0 Å². The van der Waals surface area contributed by atoms with Crippen molar-refractivity contribution in [2.24, 2.45) is 0 Å². The van der Waals surface area contributed by atoms with Crippen LogP contribution < -0.4 is 10.0 Å². The molecule has 0 aliphatic heterocycles. The van der Waals surface area contributed by atoms with E-state index in [-0.39, 0.29) is 17.3 Å². The highest BCUT2D eigenvalue weighted by molar-refractivity contribution is 7.92. The Morgan fingerprint density at radius 3 is 2.10 bits per heavy atom. The third-order valence-electron chi connectivity index (χ3n) is 4.24. The summed E-state index contributed by atoms with van der Waals surface area (Å²) in [6.07, 6.45) is 1.69. The lowest BCUT2D eigenvalue weighted by atomic mass is 10.2. The van der Waals surface area contributed by atoms with Gasteiger partial charge in [0.1, 0.15) is 0 Å². The van der Waals surface area contributed by atoms with Gasteiger partial charge >= 0.3 is 0 Å². The van der Waals surface area contributed by atoms with Crippen LogP contribution in [0.4, 0.5) is 17.1 Å². The second-order valence-corrected chi connectivity index (χ2v) is 8.84. The fraction of sp³-hybridized carbons (Fsp3) is 0. The maximum absolute atomic E-state index is 12.6. The molecule has 0 saturated heterocycles. The number of anilines is 3. The van der Waals surface area contributed by atoms with Gasteiger partial charge in [-0.2, -0.15) is 0 Å². The molecule has 1 aromatic heterocycles. The number of pyridine rings is 1. The van der Waals surface area contributed by atoms with Crippen LogP contribution in [0.15, 0.2) is 83.9 Å². The lowest BCUT2D eigenvalue weighted by Gasteiger charge is -2.11. The maximum atomic E-state index is 12.6. The number of halogens is 3. The number of hydrogen-bond donors (Lipinski definition) is 2. The average molecular weight is 481 g/mol. The van der Waals surface area contributed by atoms with E-state index >= 15 is 0 Å². The number of nitrogens with one attached hydrogen (secondary N) is 2. The van der Waals surface area contributed by atoms with Gasteiger partial charge in [0.15, 0.2) is 0 Å². The van der Waals surface area contributed by atoms with Crippen molar-refractivity contribution in [2.75, 3.05) is 10.0 Å². The second kappa shape index (κ2) is 9.10. The Kier molecular flexibility index (Phi) is 6.73. The fourth-order valence-electron chi connectivity index (χ4n) is 2.84. The van der Waals surface area contributed by atoms with Gasteiger partial charge in [-0.15, -0.1) is 12.4 Å². The topological polar surface area (TPSA) is 71.1 Å². The van der Waals surface area contributed by atoms with Crippen LogP contribution in [-0.2, 0) is 10.0 Å². The standard InChI is InChI=1S/C21H15Cl2N3O2S.ClH/c22-14-1-4-17(5-2-14)26-29(27,28)18-8-6-16(7-9-18)25-20-11-12-24-21-13-15(23)3-10-19(20)21;/h1-13,26H,(H,24,25);1H. The van der Waals surface area contributed by atoms with E-state index in [2.05, 4.69) is 15.0 Å². The van der Waals surface area contributed by atoms with Crippen LogP contribution in [0.2, 0.25) is 10.0 Å². The Labute approximate surface area is 190 Å². The lowest BCUT2D eigenvalue weighted by Crippen LogP contribution is -2.12. The summed E-state index contributed by atoms with van der Waals surface area (Å²) >= 11 is 11.9. The molecule has 154 valence electrons. The summed E-state index contributed by atoms with van der Waals surface area (Å²) in [5.74, 6) is 0. The van der Waals surface area contributed by atoms with E-state index < -0.39 is 10.0 Å². The van der Waals surface area contributed by atoms with Gasteiger partial charge in [-0.25, -0.2) is 8.42 Å². The first-order chi connectivity index (χ1) is 13.9. The Morgan fingerprint density at radius 1 is 0.767 bits per heavy atom. The summed E-state index contributed by atoms with van der Waals surface area (Å²) in [5.41, 5.74) is 2.81. The highest BCUT2D eigenvalue weighted by atomic mass is 35.5. The smallest absolute Gasteiger partial charge is 0.261 e. The second-order valence-electron chi connectivity index (χ2n) is 6.28. The van der Waals surface area contributed by atoms with E-state index in [4.69, 9.17) is 23.2 Å². The van der Waals surface area contributed by atoms with E-state index in [9.17, 15) is 8.42 Å². The van der Waals surface area contributed by atoms with E-state index in [1.807, 2.05) is 12.1 Å². The van der Waals surface area contributed by atoms with Gasteiger partial charge in [-0.1, -0.05) is 23.2 Å². The molecule has 0 aliphatic rings. The van der Waals surface area contributed by atoms with Gasteiger partial charge in [-0.3, -0.25) is 9.71 Å². The molecular formula is C21H16Cl3N3O2S. The third-order valence-corrected chi connectivity index (χ3v) is 6.13. The summed E-state index contributed by atoms with van der Waals surface area (Å²) in [5, 5.41) is 5.35. The van der Waals surface area contributed by atoms with E-state index in [1.54, 1.807) is 66.9 Å². The van der Waals surface area contributed by atoms with Gasteiger partial charge in [0.25, 0.3) is 10.0 Å². The quantitative estimate of drug-likeness (QED) is 0.342. The van der Waals surface area contributed by atoms with Crippen molar-refractivity contribution >= 4 is 73.6 Å². The minimum atomic E-state index is -3.70. The first-order valence-corrected chi connectivity index (χ1v) is 10.8. The number of hydrogen-bond acceptors (Lipinski definition) is 4. The Hall–Kier alpha value is -2.51. The van der Waals surface area contributed by atoms with Gasteiger partial charge in [0, 0.05) is 38.7 Å². The van der Waals surface area contributed by atoms with Crippen molar-refractivity contribution < 1.29 is 8.42 Å². The minimum absolute atomic E-state index is 0. The molecule has 1 heterocycles. The van der Waals surface area contributed by atoms with Crippen LogP contribution in [0.25, 0.3) is 10.9 Å². The predicted molar refractivity (Wildman–Crippen MR) is 126 cm³/mol. The van der Waals surface area contributed by atoms with Crippen molar-refractivity contribution in [1.82, 2.24) is 4.98 Å². The number of nitrogens with zero attached hydrogens (tertiary/aromatic N) is 1. The maximum Gasteiger partial charge on any atom is 0.261 e. The zero-order valence-corrected chi connectivity index (χ0v) is 18.5. The fourth-order valence-corrected chi connectivity index (χ4v) is 4.19. The zero-order chi connectivity index (χ0) is 20.4. The molecule has 4 rings (SSSR count). The van der Waals surface area contributed by atoms with Crippen LogP contribution in [0, 0.1) is 0 Å². The van der Waals surface area contributed by atoms with E-state index in [1.165, 1.54) is 0 Å². The highest BCUT2D eigenvalue weighted by Gasteiger charge is 2.14. The molecule has 3 aromatic carbocycles. The molecule has 0 unspecified atom stereocenters. The van der Waals surface area contributed by atoms with E-state index in [0.717, 1.165) is 22.3 Å². The first kappa shape index (κ1) is 22.2. The van der Waals surface area contributed by atoms with Crippen molar-refractivity contribution in [3.63, 3.8) is 0 Å². The lowest BCUT2D eigenvalue weighted by molar-refractivity contribution is 0.601. The number of benzene rings is 3. The number of aromatic nitrogens is 1. The molecule has 0 bridgehead atoms. The molecule has 30 heavy (non-hydrogen) atoms. The van der Waals surface area contributed by atoms with Crippen molar-refractivity contribution in [1.29, 1.82) is 0 Å². The molecule has 0 fully saturated rings. The van der Waals surface area contributed by atoms with Crippen LogP contribution in [-0.4, -0.2) is 13.4 Å². The Bertz CT molecular complexity index is 1280. The van der Waals surface area contributed by atoms with Gasteiger partial charge < -0.3 is 5.32 Å². The normalized spacial score (nSPS) is 11.0. The molecule has 9 heteroatoms. The number of rotatable bonds is 5. The largest absolute Gasteiger partial charge is 0.355 e. The molecule has 2 N–H and O–H groups in total. The van der Waals surface area contributed by atoms with Crippen molar-refractivity contribution in [3.05, 3.63) is 89.0 Å². The van der Waals surface area contributed by atoms with Gasteiger partial charge in [0.05, 0.1) is 10.4 Å². The molecule has 5 nitrogen and oxygen atoms in total. The number of fused-ring (bicyclic) bond motifs is 1. The van der Waals surface area contributed by atoms with Gasteiger partial charge in [0.2, 0.25) is 0 Å². The molecule has 0 atom stereocenters. The van der Waals surface area contributed by atoms with Crippen LogP contribution in [0.5, 0.6) is 0 Å². The summed E-state index contributed by atoms with van der Waals surface area (Å²) in [6, 6.07) is 20.3. The van der Waals surface area contributed by atoms with Gasteiger partial charge in [-0.05, 0) is 72.8 Å². The van der Waals surface area contributed by atoms with Crippen LogP contribution >= 0.6 is 35.6 Å². The summed E-state index contributed by atoms with van der Waals surface area (Å²) in [6.45, 7) is 0. The molecule has 4 aromatic rings. The molecule has 0 amide bonds. The Morgan fingerprint density at radius 2 is 1.40 bits per heavy atom. The SMILES string of the molecule is Cl.O=S(=O)(Nc1ccc(Cl)cc1)c1ccc(Nc2ccnc3cc(Cl)ccc23)cc1. The van der Waals surface area contributed by atoms with E-state index in [0.29, 0.717) is 15.7 Å². The van der Waals surface area contributed by atoms with Crippen LogP contribution in [0.1, 0.15) is 0 Å². The zero-order valence-electron chi connectivity index (χ0n) is 15.3. The molecule has 0 radical (unpaired) electrons. The predicted octanol–water partition coefficient (Wildman–Crippen LogP) is 6.51. The summed E-state index contributed by atoms with van der Waals surface area (Å²) in [7, 11) is -3.70. The van der Waals surface area contributed by atoms with Crippen LogP contribution in [0.3, 0.4) is 0 Å². The summed E-state index contributed by atoms with van der Waals surface area (Å²) < 4.78 is 27.7. The molecular weight excluding hydrogens is 465 g/mol. The molecule has 0 saturated carbocycles.